The van der Waals surface area contributed by atoms with Crippen LogP contribution in [0.5, 0.6) is 5.75 Å². The fourth-order valence-corrected chi connectivity index (χ4v) is 3.60. The molecule has 0 aliphatic carbocycles. The lowest BCUT2D eigenvalue weighted by atomic mass is 10.1. The monoisotopic (exact) mass is 346 g/mol. The van der Waals surface area contributed by atoms with Gasteiger partial charge in [-0.1, -0.05) is 12.1 Å². The van der Waals surface area contributed by atoms with Gasteiger partial charge in [0.05, 0.1) is 13.2 Å². The molecule has 2 aromatic rings. The summed E-state index contributed by atoms with van der Waals surface area (Å²) in [7, 11) is 1.66. The number of aromatic nitrogens is 1. The standard InChI is InChI=1S/C18H22N2O3S/c1-22-14-6-4-13(5-7-14)11-16-12-19-18(24-16)20-17(21)9-8-15-3-2-10-23-15/h4-7,12,15H,2-3,8-11H2,1H3,(H,19,20,21). The number of hydrogen-bond donors (Lipinski definition) is 1. The average Bonchev–Trinajstić information content (AvgIpc) is 3.26. The van der Waals surface area contributed by atoms with E-state index >= 15 is 0 Å². The summed E-state index contributed by atoms with van der Waals surface area (Å²) in [5.74, 6) is 0.859. The Morgan fingerprint density at radius 1 is 1.42 bits per heavy atom. The molecule has 1 aromatic heterocycles. The molecule has 0 spiro atoms. The molecule has 1 amide bonds. The zero-order chi connectivity index (χ0) is 16.8. The van der Waals surface area contributed by atoms with Gasteiger partial charge in [0, 0.05) is 30.5 Å². The second-order valence-electron chi connectivity index (χ2n) is 5.88. The number of carbonyl (C=O) groups is 1. The van der Waals surface area contributed by atoms with E-state index < -0.39 is 0 Å². The summed E-state index contributed by atoms with van der Waals surface area (Å²) in [4.78, 5) is 17.4. The van der Waals surface area contributed by atoms with Crippen LogP contribution in [-0.2, 0) is 16.0 Å². The summed E-state index contributed by atoms with van der Waals surface area (Å²) in [5, 5.41) is 3.55. The van der Waals surface area contributed by atoms with E-state index in [2.05, 4.69) is 10.3 Å². The molecule has 0 saturated carbocycles. The van der Waals surface area contributed by atoms with Gasteiger partial charge in [-0.3, -0.25) is 4.79 Å². The molecule has 0 bridgehead atoms. The highest BCUT2D eigenvalue weighted by molar-refractivity contribution is 7.15. The van der Waals surface area contributed by atoms with E-state index in [0.717, 1.165) is 42.9 Å². The van der Waals surface area contributed by atoms with Crippen molar-refractivity contribution in [3.8, 4) is 5.75 Å². The van der Waals surface area contributed by atoms with Crippen molar-refractivity contribution < 1.29 is 14.3 Å². The molecule has 1 aliphatic rings. The van der Waals surface area contributed by atoms with Crippen molar-refractivity contribution in [2.45, 2.75) is 38.2 Å². The maximum absolute atomic E-state index is 12.0. The largest absolute Gasteiger partial charge is 0.497 e. The van der Waals surface area contributed by atoms with Crippen LogP contribution in [0.3, 0.4) is 0 Å². The van der Waals surface area contributed by atoms with Crippen molar-refractivity contribution in [2.24, 2.45) is 0 Å². The molecule has 2 heterocycles. The number of hydrogen-bond acceptors (Lipinski definition) is 5. The van der Waals surface area contributed by atoms with Crippen LogP contribution < -0.4 is 10.1 Å². The first-order chi connectivity index (χ1) is 11.7. The average molecular weight is 346 g/mol. The van der Waals surface area contributed by atoms with Crippen molar-refractivity contribution in [3.63, 3.8) is 0 Å². The molecule has 1 aromatic carbocycles. The minimum Gasteiger partial charge on any atom is -0.497 e. The van der Waals surface area contributed by atoms with Crippen molar-refractivity contribution in [3.05, 3.63) is 40.9 Å². The molecule has 5 nitrogen and oxygen atoms in total. The van der Waals surface area contributed by atoms with Crippen LogP contribution >= 0.6 is 11.3 Å². The van der Waals surface area contributed by atoms with Crippen molar-refractivity contribution in [1.29, 1.82) is 0 Å². The summed E-state index contributed by atoms with van der Waals surface area (Å²) < 4.78 is 10.7. The first kappa shape index (κ1) is 16.9. The molecule has 3 rings (SSSR count). The van der Waals surface area contributed by atoms with Crippen molar-refractivity contribution in [2.75, 3.05) is 19.0 Å². The fourth-order valence-electron chi connectivity index (χ4n) is 2.74. The first-order valence-electron chi connectivity index (χ1n) is 8.22. The number of benzene rings is 1. The molecule has 1 fully saturated rings. The highest BCUT2D eigenvalue weighted by Crippen LogP contribution is 2.23. The topological polar surface area (TPSA) is 60.5 Å². The molecule has 1 N–H and O–H groups in total. The molecule has 1 aliphatic heterocycles. The summed E-state index contributed by atoms with van der Waals surface area (Å²) in [6, 6.07) is 7.98. The molecule has 1 unspecified atom stereocenters. The third kappa shape index (κ3) is 4.79. The Hall–Kier alpha value is -1.92. The van der Waals surface area contributed by atoms with E-state index in [1.165, 1.54) is 16.9 Å². The minimum absolute atomic E-state index is 0.0100. The number of methoxy groups -OCH3 is 1. The maximum atomic E-state index is 12.0. The number of amides is 1. The van der Waals surface area contributed by atoms with Gasteiger partial charge >= 0.3 is 0 Å². The summed E-state index contributed by atoms with van der Waals surface area (Å²) >= 11 is 1.52. The Morgan fingerprint density at radius 2 is 2.25 bits per heavy atom. The Morgan fingerprint density at radius 3 is 2.96 bits per heavy atom. The van der Waals surface area contributed by atoms with Gasteiger partial charge in [-0.05, 0) is 37.0 Å². The Kier molecular flexibility index (Phi) is 5.82. The minimum atomic E-state index is 0.0100. The predicted octanol–water partition coefficient (Wildman–Crippen LogP) is 3.64. The van der Waals surface area contributed by atoms with Crippen molar-refractivity contribution in [1.82, 2.24) is 4.98 Å². The fraction of sp³-hybridized carbons (Fsp3) is 0.444. The van der Waals surface area contributed by atoms with Gasteiger partial charge in [-0.25, -0.2) is 4.98 Å². The molecule has 1 atom stereocenters. The van der Waals surface area contributed by atoms with E-state index in [1.807, 2.05) is 30.5 Å². The van der Waals surface area contributed by atoms with Crippen molar-refractivity contribution >= 4 is 22.4 Å². The number of carbonyl (C=O) groups excluding carboxylic acids is 1. The number of nitrogens with one attached hydrogen (secondary N) is 1. The van der Waals surface area contributed by atoms with Gasteiger partial charge < -0.3 is 14.8 Å². The SMILES string of the molecule is COc1ccc(Cc2cnc(NC(=O)CCC3CCCO3)s2)cc1. The first-order valence-corrected chi connectivity index (χ1v) is 9.03. The van der Waals surface area contributed by atoms with Crippen LogP contribution in [0.1, 0.15) is 36.1 Å². The smallest absolute Gasteiger partial charge is 0.226 e. The second kappa shape index (κ2) is 8.26. The summed E-state index contributed by atoms with van der Waals surface area (Å²) in [6.07, 6.45) is 6.31. The van der Waals surface area contributed by atoms with Gasteiger partial charge in [-0.15, -0.1) is 11.3 Å². The number of rotatable bonds is 7. The Labute approximate surface area is 146 Å². The van der Waals surface area contributed by atoms with E-state index in [1.54, 1.807) is 7.11 Å². The number of thiazole rings is 1. The van der Waals surface area contributed by atoms with Crippen LogP contribution in [0.15, 0.2) is 30.5 Å². The van der Waals surface area contributed by atoms with Gasteiger partial charge in [0.15, 0.2) is 5.13 Å². The molecule has 24 heavy (non-hydrogen) atoms. The zero-order valence-electron chi connectivity index (χ0n) is 13.8. The van der Waals surface area contributed by atoms with E-state index in [9.17, 15) is 4.79 Å². The van der Waals surface area contributed by atoms with Crippen LogP contribution in [0.25, 0.3) is 0 Å². The molecule has 128 valence electrons. The third-order valence-electron chi connectivity index (χ3n) is 4.05. The number of ether oxygens (including phenoxy) is 2. The van der Waals surface area contributed by atoms with Crippen LogP contribution in [0.4, 0.5) is 5.13 Å². The number of anilines is 1. The Balaban J connectivity index is 1.48. The molecule has 6 heteroatoms. The second-order valence-corrected chi connectivity index (χ2v) is 6.99. The van der Waals surface area contributed by atoms with Crippen LogP contribution in [0.2, 0.25) is 0 Å². The normalized spacial score (nSPS) is 17.0. The highest BCUT2D eigenvalue weighted by atomic mass is 32.1. The lowest BCUT2D eigenvalue weighted by Crippen LogP contribution is -2.15. The van der Waals surface area contributed by atoms with E-state index in [0.29, 0.717) is 11.6 Å². The summed E-state index contributed by atoms with van der Waals surface area (Å²) in [6.45, 7) is 0.827. The van der Waals surface area contributed by atoms with E-state index in [4.69, 9.17) is 9.47 Å². The maximum Gasteiger partial charge on any atom is 0.226 e. The van der Waals surface area contributed by atoms with E-state index in [-0.39, 0.29) is 12.0 Å². The molecule has 0 radical (unpaired) electrons. The highest BCUT2D eigenvalue weighted by Gasteiger charge is 2.17. The number of nitrogens with zero attached hydrogens (tertiary/aromatic N) is 1. The molecular weight excluding hydrogens is 324 g/mol. The lowest BCUT2D eigenvalue weighted by Gasteiger charge is -2.07. The quantitative estimate of drug-likeness (QED) is 0.831. The van der Waals surface area contributed by atoms with Gasteiger partial charge in [0.25, 0.3) is 0 Å². The van der Waals surface area contributed by atoms with Gasteiger partial charge in [-0.2, -0.15) is 0 Å². The third-order valence-corrected chi connectivity index (χ3v) is 4.97. The Bertz CT molecular complexity index is 663. The zero-order valence-corrected chi connectivity index (χ0v) is 14.6. The predicted molar refractivity (Wildman–Crippen MR) is 94.8 cm³/mol. The van der Waals surface area contributed by atoms with Crippen LogP contribution in [-0.4, -0.2) is 30.7 Å². The molecule has 1 saturated heterocycles. The molecular formula is C18H22N2O3S. The lowest BCUT2D eigenvalue weighted by molar-refractivity contribution is -0.116. The van der Waals surface area contributed by atoms with Gasteiger partial charge in [0.1, 0.15) is 5.75 Å². The summed E-state index contributed by atoms with van der Waals surface area (Å²) in [5.41, 5.74) is 1.19. The van der Waals surface area contributed by atoms with Crippen LogP contribution in [0, 0.1) is 0 Å². The van der Waals surface area contributed by atoms with Gasteiger partial charge in [0.2, 0.25) is 5.91 Å².